The Labute approximate surface area is 219 Å². The maximum atomic E-state index is 14.9. The molecule has 0 spiro atoms. The van der Waals surface area contributed by atoms with E-state index in [0.29, 0.717) is 24.3 Å². The zero-order valence-electron chi connectivity index (χ0n) is 19.1. The summed E-state index contributed by atoms with van der Waals surface area (Å²) in [6.45, 7) is 1.97. The van der Waals surface area contributed by atoms with Crippen LogP contribution < -0.4 is 15.4 Å². The monoisotopic (exact) mass is 599 g/mol. The number of amides is 2. The van der Waals surface area contributed by atoms with E-state index >= 15 is 0 Å². The lowest BCUT2D eigenvalue weighted by Gasteiger charge is -2.16. The van der Waals surface area contributed by atoms with Crippen LogP contribution in [-0.2, 0) is 9.59 Å². The molecule has 0 bridgehead atoms. The van der Waals surface area contributed by atoms with Gasteiger partial charge < -0.3 is 15.4 Å². The first-order chi connectivity index (χ1) is 17.2. The van der Waals surface area contributed by atoms with Crippen molar-refractivity contribution in [3.63, 3.8) is 0 Å². The summed E-state index contributed by atoms with van der Waals surface area (Å²) in [5.74, 6) is -1.65. The van der Waals surface area contributed by atoms with Gasteiger partial charge in [-0.3, -0.25) is 14.6 Å². The highest BCUT2D eigenvalue weighted by Crippen LogP contribution is 2.47. The predicted octanol–water partition coefficient (Wildman–Crippen LogP) is 6.58. The van der Waals surface area contributed by atoms with Gasteiger partial charge >= 0.3 is 0 Å². The molecule has 0 aliphatic heterocycles. The van der Waals surface area contributed by atoms with Crippen molar-refractivity contribution >= 4 is 56.7 Å². The molecule has 1 aliphatic carbocycles. The van der Waals surface area contributed by atoms with E-state index < -0.39 is 28.9 Å². The van der Waals surface area contributed by atoms with E-state index in [2.05, 4.69) is 38.2 Å². The fourth-order valence-corrected chi connectivity index (χ4v) is 4.29. The van der Waals surface area contributed by atoms with Gasteiger partial charge in [-0.2, -0.15) is 0 Å². The first kappa shape index (κ1) is 24.1. The summed E-state index contributed by atoms with van der Waals surface area (Å²) in [5, 5.41) is 6.03. The summed E-state index contributed by atoms with van der Waals surface area (Å²) < 4.78 is 34.9. The van der Waals surface area contributed by atoms with Crippen molar-refractivity contribution < 1.29 is 23.1 Å². The Morgan fingerprint density at radius 3 is 2.25 bits per heavy atom. The van der Waals surface area contributed by atoms with Gasteiger partial charge in [0.25, 0.3) is 0 Å². The van der Waals surface area contributed by atoms with Gasteiger partial charge in [0.05, 0.1) is 5.52 Å². The average Bonchev–Trinajstić information content (AvgIpc) is 3.66. The smallest absolute Gasteiger partial charge is 0.240 e. The van der Waals surface area contributed by atoms with E-state index in [1.165, 1.54) is 36.4 Å². The van der Waals surface area contributed by atoms with Crippen LogP contribution in [0.3, 0.4) is 0 Å². The number of carbonyl (C=O) groups excluding carboxylic acids is 2. The Hall–Kier alpha value is -3.60. The Balaban J connectivity index is 1.30. The number of rotatable bonds is 6. The summed E-state index contributed by atoms with van der Waals surface area (Å²) in [5.41, 5.74) is 1.14. The highest BCUT2D eigenvalue weighted by Gasteiger charge is 2.56. The lowest BCUT2D eigenvalue weighted by atomic mass is 10.0. The molecule has 182 valence electrons. The Morgan fingerprint density at radius 1 is 0.917 bits per heavy atom. The number of hydrogen-bond donors (Lipinski definition) is 2. The van der Waals surface area contributed by atoms with E-state index in [9.17, 15) is 18.4 Å². The summed E-state index contributed by atoms with van der Waals surface area (Å²) >= 11 is 2.23. The molecular formula is C27H20F2IN3O3. The van der Waals surface area contributed by atoms with Crippen molar-refractivity contribution in [1.29, 1.82) is 0 Å². The van der Waals surface area contributed by atoms with E-state index in [-0.39, 0.29) is 11.4 Å². The van der Waals surface area contributed by atoms with Gasteiger partial charge in [0.1, 0.15) is 17.0 Å². The first-order valence-corrected chi connectivity index (χ1v) is 12.2. The molecule has 1 fully saturated rings. The molecular weight excluding hydrogens is 579 g/mol. The molecule has 9 heteroatoms. The van der Waals surface area contributed by atoms with Gasteiger partial charge in [-0.15, -0.1) is 0 Å². The van der Waals surface area contributed by atoms with Crippen LogP contribution in [0.1, 0.15) is 18.4 Å². The molecule has 6 nitrogen and oxygen atoms in total. The molecule has 1 aliphatic rings. The lowest BCUT2D eigenvalue weighted by Crippen LogP contribution is -2.35. The highest BCUT2D eigenvalue weighted by molar-refractivity contribution is 14.1. The molecule has 0 saturated heterocycles. The van der Waals surface area contributed by atoms with Crippen LogP contribution in [0.2, 0.25) is 0 Å². The SMILES string of the molecule is Cc1cc2c(Oc3ccc(NC(=O)C4(C(=O)Nc5ccc(F)cc5)CC4)cc3F)ccnc2cc1I. The third-order valence-electron chi connectivity index (χ3n) is 6.11. The van der Waals surface area contributed by atoms with Gasteiger partial charge in [0.2, 0.25) is 11.8 Å². The molecule has 1 heterocycles. The summed E-state index contributed by atoms with van der Waals surface area (Å²) in [7, 11) is 0. The number of aromatic nitrogens is 1. The molecule has 1 saturated carbocycles. The number of carbonyl (C=O) groups is 2. The zero-order chi connectivity index (χ0) is 25.4. The number of halogens is 3. The van der Waals surface area contributed by atoms with Crippen molar-refractivity contribution in [2.24, 2.45) is 5.41 Å². The maximum Gasteiger partial charge on any atom is 0.240 e. The second kappa shape index (κ2) is 9.45. The van der Waals surface area contributed by atoms with Crippen LogP contribution in [0.15, 0.2) is 66.9 Å². The number of aryl methyl sites for hydroxylation is 1. The van der Waals surface area contributed by atoms with Crippen molar-refractivity contribution in [2.75, 3.05) is 10.6 Å². The second-order valence-corrected chi connectivity index (χ2v) is 9.83. The molecule has 1 aromatic heterocycles. The van der Waals surface area contributed by atoms with Gasteiger partial charge in [-0.25, -0.2) is 8.78 Å². The van der Waals surface area contributed by atoms with E-state index in [1.54, 1.807) is 12.3 Å². The number of hydrogen-bond acceptors (Lipinski definition) is 4. The normalized spacial score (nSPS) is 13.8. The van der Waals surface area contributed by atoms with Crippen molar-refractivity contribution in [2.45, 2.75) is 19.8 Å². The molecule has 2 N–H and O–H groups in total. The number of ether oxygens (including phenoxy) is 1. The standard InChI is InChI=1S/C27H20F2IN3O3/c1-15-12-19-22(14-21(15)30)31-11-8-23(19)36-24-7-6-18(13-20(24)29)33-26(35)27(9-10-27)25(34)32-17-4-2-16(28)3-5-17/h2-8,11-14H,9-10H2,1H3,(H,32,34)(H,33,35). The maximum absolute atomic E-state index is 14.9. The van der Waals surface area contributed by atoms with Crippen molar-refractivity contribution in [3.8, 4) is 11.5 Å². The molecule has 3 aromatic carbocycles. The molecule has 36 heavy (non-hydrogen) atoms. The fraction of sp³-hybridized carbons (Fsp3) is 0.148. The first-order valence-electron chi connectivity index (χ1n) is 11.2. The molecule has 5 rings (SSSR count). The van der Waals surface area contributed by atoms with Crippen molar-refractivity contribution in [3.05, 3.63) is 87.6 Å². The quantitative estimate of drug-likeness (QED) is 0.194. The van der Waals surface area contributed by atoms with Crippen LogP contribution in [0.5, 0.6) is 11.5 Å². The fourth-order valence-electron chi connectivity index (χ4n) is 3.84. The minimum absolute atomic E-state index is 0.00751. The van der Waals surface area contributed by atoms with Crippen LogP contribution in [0, 0.1) is 27.5 Å². The van der Waals surface area contributed by atoms with E-state index in [0.717, 1.165) is 26.1 Å². The van der Waals surface area contributed by atoms with E-state index in [1.807, 2.05) is 19.1 Å². The summed E-state index contributed by atoms with van der Waals surface area (Å²) in [4.78, 5) is 30.0. The Bertz CT molecular complexity index is 1500. The number of benzene rings is 3. The number of nitrogens with one attached hydrogen (secondary N) is 2. The van der Waals surface area contributed by atoms with Gasteiger partial charge in [-0.05, 0) is 103 Å². The zero-order valence-corrected chi connectivity index (χ0v) is 21.2. The third-order valence-corrected chi connectivity index (χ3v) is 7.28. The number of fused-ring (bicyclic) bond motifs is 1. The summed E-state index contributed by atoms with van der Waals surface area (Å²) in [6.07, 6.45) is 2.33. The molecule has 0 atom stereocenters. The second-order valence-electron chi connectivity index (χ2n) is 8.67. The highest BCUT2D eigenvalue weighted by atomic mass is 127. The minimum Gasteiger partial charge on any atom is -0.454 e. The summed E-state index contributed by atoms with van der Waals surface area (Å²) in [6, 6.07) is 14.9. The van der Waals surface area contributed by atoms with Crippen LogP contribution in [-0.4, -0.2) is 16.8 Å². The predicted molar refractivity (Wildman–Crippen MR) is 141 cm³/mol. The molecule has 2 amide bonds. The number of nitrogens with zero attached hydrogens (tertiary/aromatic N) is 1. The Morgan fingerprint density at radius 2 is 1.58 bits per heavy atom. The average molecular weight is 599 g/mol. The number of anilines is 2. The Kier molecular flexibility index (Phi) is 6.33. The minimum atomic E-state index is -1.24. The third kappa shape index (κ3) is 4.75. The van der Waals surface area contributed by atoms with Crippen LogP contribution in [0.25, 0.3) is 10.9 Å². The van der Waals surface area contributed by atoms with Crippen molar-refractivity contribution in [1.82, 2.24) is 4.98 Å². The van der Waals surface area contributed by atoms with Crippen LogP contribution >= 0.6 is 22.6 Å². The largest absolute Gasteiger partial charge is 0.454 e. The van der Waals surface area contributed by atoms with Gasteiger partial charge in [0, 0.05) is 32.6 Å². The number of pyridine rings is 1. The molecule has 4 aromatic rings. The topological polar surface area (TPSA) is 80.3 Å². The van der Waals surface area contributed by atoms with Gasteiger partial charge in [-0.1, -0.05) is 0 Å². The van der Waals surface area contributed by atoms with Crippen LogP contribution in [0.4, 0.5) is 20.2 Å². The lowest BCUT2D eigenvalue weighted by molar-refractivity contribution is -0.131. The molecule has 0 unspecified atom stereocenters. The van der Waals surface area contributed by atoms with E-state index in [4.69, 9.17) is 4.74 Å². The molecule has 0 radical (unpaired) electrons. The van der Waals surface area contributed by atoms with Gasteiger partial charge in [0.15, 0.2) is 11.6 Å².